The molecule has 1 fully saturated rings. The zero-order valence-corrected chi connectivity index (χ0v) is 25.0. The zero-order valence-electron chi connectivity index (χ0n) is 25.0. The third-order valence-corrected chi connectivity index (χ3v) is 7.59. The number of hydrogen-bond donors (Lipinski definition) is 1. The van der Waals surface area contributed by atoms with Crippen LogP contribution in [0.2, 0.25) is 0 Å². The van der Waals surface area contributed by atoms with Crippen LogP contribution in [0.1, 0.15) is 70.9 Å². The van der Waals surface area contributed by atoms with E-state index in [4.69, 9.17) is 5.11 Å². The Morgan fingerprint density at radius 1 is 1.15 bits per heavy atom. The number of nitrogens with zero attached hydrogens (tertiary/aromatic N) is 5. The van der Waals surface area contributed by atoms with Crippen LogP contribution in [0.3, 0.4) is 0 Å². The van der Waals surface area contributed by atoms with Crippen molar-refractivity contribution in [2.75, 3.05) is 26.7 Å². The second kappa shape index (κ2) is 11.5. The van der Waals surface area contributed by atoms with Crippen molar-refractivity contribution in [3.63, 3.8) is 0 Å². The molecule has 1 aliphatic heterocycles. The van der Waals surface area contributed by atoms with Gasteiger partial charge in [0.2, 0.25) is 0 Å². The molecular formula is C31H42FN5O3. The molecule has 8 nitrogen and oxygen atoms in total. The standard InChI is InChI=1S/C17H16FN3O.C14H26N2O2/c1-17(2,3)14-8-15(11-4-6-12(18)7-5-11)20-21-9-13(10-22)19-16(14)21;1-11(13(2,3)9-12(17)18)16-8-7-15(6)14(4,5)10-16/h4-10H,1-3H3;1,7-10H2,2-6H3,(H,17,18). The second-order valence-corrected chi connectivity index (χ2v) is 12.8. The monoisotopic (exact) mass is 551 g/mol. The van der Waals surface area contributed by atoms with Gasteiger partial charge in [0.05, 0.1) is 18.3 Å². The maximum Gasteiger partial charge on any atom is 0.304 e. The fraction of sp³-hybridized carbons (Fsp3) is 0.484. The first-order valence-electron chi connectivity index (χ1n) is 13.4. The van der Waals surface area contributed by atoms with E-state index in [1.807, 2.05) is 19.9 Å². The molecule has 1 aromatic carbocycles. The summed E-state index contributed by atoms with van der Waals surface area (Å²) in [6.07, 6.45) is 2.43. The molecule has 3 heterocycles. The number of carbonyl (C=O) groups excluding carboxylic acids is 1. The van der Waals surface area contributed by atoms with Crippen LogP contribution >= 0.6 is 0 Å². The van der Waals surface area contributed by atoms with Crippen LogP contribution in [0.25, 0.3) is 16.9 Å². The quantitative estimate of drug-likeness (QED) is 0.395. The molecule has 1 saturated heterocycles. The second-order valence-electron chi connectivity index (χ2n) is 12.8. The van der Waals surface area contributed by atoms with E-state index in [-0.39, 0.29) is 23.2 Å². The lowest BCUT2D eigenvalue weighted by molar-refractivity contribution is -0.139. The number of allylic oxidation sites excluding steroid dienone is 1. The number of aldehydes is 1. The van der Waals surface area contributed by atoms with Gasteiger partial charge in [-0.05, 0) is 56.6 Å². The molecule has 1 N–H and O–H groups in total. The van der Waals surface area contributed by atoms with Gasteiger partial charge in [-0.3, -0.25) is 14.5 Å². The first-order chi connectivity index (χ1) is 18.4. The molecule has 4 rings (SSSR count). The first kappa shape index (κ1) is 30.9. The number of rotatable bonds is 6. The van der Waals surface area contributed by atoms with E-state index < -0.39 is 11.4 Å². The minimum absolute atomic E-state index is 0.0977. The predicted molar refractivity (Wildman–Crippen MR) is 156 cm³/mol. The average molecular weight is 552 g/mol. The summed E-state index contributed by atoms with van der Waals surface area (Å²) in [4.78, 5) is 30.8. The number of likely N-dealkylation sites (N-methyl/N-ethyl adjacent to an activating group) is 1. The van der Waals surface area contributed by atoms with Crippen molar-refractivity contribution in [1.29, 1.82) is 0 Å². The predicted octanol–water partition coefficient (Wildman–Crippen LogP) is 5.67. The molecule has 9 heteroatoms. The third-order valence-electron chi connectivity index (χ3n) is 7.59. The number of halogens is 1. The Morgan fingerprint density at radius 2 is 1.77 bits per heavy atom. The van der Waals surface area contributed by atoms with Gasteiger partial charge in [-0.25, -0.2) is 13.9 Å². The summed E-state index contributed by atoms with van der Waals surface area (Å²) in [5, 5.41) is 13.5. The summed E-state index contributed by atoms with van der Waals surface area (Å²) in [7, 11) is 2.13. The van der Waals surface area contributed by atoms with Gasteiger partial charge in [-0.1, -0.05) is 41.2 Å². The highest BCUT2D eigenvalue weighted by Gasteiger charge is 2.36. The highest BCUT2D eigenvalue weighted by Crippen LogP contribution is 2.34. The first-order valence-corrected chi connectivity index (χ1v) is 13.4. The van der Waals surface area contributed by atoms with Gasteiger partial charge >= 0.3 is 5.97 Å². The number of carbonyl (C=O) groups is 2. The maximum absolute atomic E-state index is 13.1. The molecule has 0 spiro atoms. The van der Waals surface area contributed by atoms with Crippen molar-refractivity contribution in [3.05, 3.63) is 65.9 Å². The molecule has 216 valence electrons. The molecule has 2 aromatic heterocycles. The number of fused-ring (bicyclic) bond motifs is 1. The summed E-state index contributed by atoms with van der Waals surface area (Å²) in [5.41, 5.74) is 4.00. The van der Waals surface area contributed by atoms with Gasteiger partial charge in [0.1, 0.15) is 11.5 Å². The normalized spacial score (nSPS) is 15.9. The summed E-state index contributed by atoms with van der Waals surface area (Å²) < 4.78 is 14.7. The molecule has 0 aliphatic carbocycles. The van der Waals surface area contributed by atoms with Crippen LogP contribution in [0, 0.1) is 11.2 Å². The Morgan fingerprint density at radius 3 is 2.30 bits per heavy atom. The maximum atomic E-state index is 13.1. The number of aromatic nitrogens is 3. The zero-order chi connectivity index (χ0) is 30.0. The number of carboxylic acids is 1. The number of imidazole rings is 1. The van der Waals surface area contributed by atoms with E-state index >= 15 is 0 Å². The lowest BCUT2D eigenvalue weighted by atomic mass is 9.84. The highest BCUT2D eigenvalue weighted by molar-refractivity contribution is 5.74. The van der Waals surface area contributed by atoms with E-state index in [1.54, 1.807) is 22.8 Å². The molecule has 0 bridgehead atoms. The van der Waals surface area contributed by atoms with Gasteiger partial charge in [0.15, 0.2) is 11.9 Å². The van der Waals surface area contributed by atoms with Gasteiger partial charge in [-0.2, -0.15) is 5.10 Å². The lowest BCUT2D eigenvalue weighted by Gasteiger charge is -2.49. The van der Waals surface area contributed by atoms with Gasteiger partial charge in [0, 0.05) is 47.4 Å². The molecule has 0 radical (unpaired) electrons. The van der Waals surface area contributed by atoms with Crippen molar-refractivity contribution in [2.24, 2.45) is 5.41 Å². The molecule has 1 aliphatic rings. The lowest BCUT2D eigenvalue weighted by Crippen LogP contribution is -2.58. The van der Waals surface area contributed by atoms with Gasteiger partial charge in [-0.15, -0.1) is 0 Å². The minimum atomic E-state index is -0.769. The van der Waals surface area contributed by atoms with E-state index in [0.29, 0.717) is 23.3 Å². The van der Waals surface area contributed by atoms with E-state index in [0.717, 1.165) is 36.5 Å². The number of aliphatic carboxylic acids is 1. The minimum Gasteiger partial charge on any atom is -0.481 e. The summed E-state index contributed by atoms with van der Waals surface area (Å²) in [5.74, 6) is -1.05. The SMILES string of the molecule is C=C(N1CCN(C)C(C)(C)C1)C(C)(C)CC(=O)O.CC(C)(C)c1cc(-c2ccc(F)cc2)nn2cc(C=O)nc12. The van der Waals surface area contributed by atoms with Crippen LogP contribution < -0.4 is 0 Å². The fourth-order valence-electron chi connectivity index (χ4n) is 4.74. The van der Waals surface area contributed by atoms with Crippen LogP contribution in [0.4, 0.5) is 4.39 Å². The number of hydrogen-bond acceptors (Lipinski definition) is 6. The van der Waals surface area contributed by atoms with Crippen LogP contribution in [-0.4, -0.2) is 74.0 Å². The molecule has 0 atom stereocenters. The van der Waals surface area contributed by atoms with Gasteiger partial charge in [0.25, 0.3) is 0 Å². The molecule has 0 saturated carbocycles. The number of benzene rings is 1. The average Bonchev–Trinajstić information content (AvgIpc) is 3.27. The van der Waals surface area contributed by atoms with Crippen molar-refractivity contribution in [2.45, 2.75) is 65.8 Å². The highest BCUT2D eigenvalue weighted by atomic mass is 19.1. The summed E-state index contributed by atoms with van der Waals surface area (Å²) >= 11 is 0. The Hall–Kier alpha value is -3.59. The Bertz CT molecular complexity index is 1390. The van der Waals surface area contributed by atoms with Crippen molar-refractivity contribution < 1.29 is 19.1 Å². The van der Waals surface area contributed by atoms with Crippen molar-refractivity contribution in [1.82, 2.24) is 24.4 Å². The molecule has 0 unspecified atom stereocenters. The number of carboxylic acid groups (broad SMARTS) is 1. The van der Waals surface area contributed by atoms with Crippen LogP contribution in [0.5, 0.6) is 0 Å². The van der Waals surface area contributed by atoms with Crippen LogP contribution in [-0.2, 0) is 10.2 Å². The van der Waals surface area contributed by atoms with E-state index in [1.165, 1.54) is 12.1 Å². The molecular weight excluding hydrogens is 509 g/mol. The van der Waals surface area contributed by atoms with Crippen LogP contribution in [0.15, 0.2) is 48.8 Å². The Labute approximate surface area is 236 Å². The molecule has 3 aromatic rings. The largest absolute Gasteiger partial charge is 0.481 e. The van der Waals surface area contributed by atoms with Crippen molar-refractivity contribution >= 4 is 17.9 Å². The summed E-state index contributed by atoms with van der Waals surface area (Å²) in [6.45, 7) is 21.5. The Kier molecular flexibility index (Phi) is 8.89. The number of piperazine rings is 1. The summed E-state index contributed by atoms with van der Waals surface area (Å²) in [6, 6.07) is 8.14. The smallest absolute Gasteiger partial charge is 0.304 e. The molecule has 40 heavy (non-hydrogen) atoms. The topological polar surface area (TPSA) is 91.0 Å². The van der Waals surface area contributed by atoms with Gasteiger partial charge < -0.3 is 10.0 Å². The Balaban J connectivity index is 0.000000226. The van der Waals surface area contributed by atoms with E-state index in [2.05, 4.69) is 68.1 Å². The van der Waals surface area contributed by atoms with Crippen molar-refractivity contribution in [3.8, 4) is 11.3 Å². The fourth-order valence-corrected chi connectivity index (χ4v) is 4.74. The van der Waals surface area contributed by atoms with E-state index in [9.17, 15) is 14.0 Å². The molecule has 0 amide bonds. The third kappa shape index (κ3) is 7.13.